The first-order valence-corrected chi connectivity index (χ1v) is 9.11. The maximum absolute atomic E-state index is 12.5. The van der Waals surface area contributed by atoms with Gasteiger partial charge in [0.2, 0.25) is 11.7 Å². The van der Waals surface area contributed by atoms with Gasteiger partial charge in [-0.3, -0.25) is 14.4 Å². The molecule has 0 aliphatic carbocycles. The Labute approximate surface area is 162 Å². The van der Waals surface area contributed by atoms with Gasteiger partial charge < -0.3 is 9.64 Å². The standard InChI is InChI=1S/C21H20ClNO4/c1-13-5-3-4-6-18(13)23-12-16(11-19(23)24)21(26)27-14(2)20(25)15-7-9-17(22)10-8-15/h3-10,14,16H,11-12H2,1-2H3/t14-,16-/m0/s1. The molecule has 6 heteroatoms. The van der Waals surface area contributed by atoms with E-state index in [-0.39, 0.29) is 24.7 Å². The van der Waals surface area contributed by atoms with Crippen LogP contribution in [0.3, 0.4) is 0 Å². The predicted molar refractivity (Wildman–Crippen MR) is 103 cm³/mol. The van der Waals surface area contributed by atoms with E-state index in [0.717, 1.165) is 11.3 Å². The summed E-state index contributed by atoms with van der Waals surface area (Å²) < 4.78 is 5.34. The van der Waals surface area contributed by atoms with E-state index in [1.165, 1.54) is 6.92 Å². The minimum atomic E-state index is -0.929. The maximum Gasteiger partial charge on any atom is 0.312 e. The minimum absolute atomic E-state index is 0.0784. The number of anilines is 1. The molecule has 1 aliphatic rings. The molecule has 0 spiro atoms. The Kier molecular flexibility index (Phi) is 5.61. The Hall–Kier alpha value is -2.66. The van der Waals surface area contributed by atoms with Crippen LogP contribution in [-0.4, -0.2) is 30.3 Å². The predicted octanol–water partition coefficient (Wildman–Crippen LogP) is 3.82. The van der Waals surface area contributed by atoms with Crippen molar-refractivity contribution in [3.05, 3.63) is 64.7 Å². The number of ketones is 1. The second kappa shape index (κ2) is 7.92. The summed E-state index contributed by atoms with van der Waals surface area (Å²) in [5.74, 6) is -1.55. The van der Waals surface area contributed by atoms with Gasteiger partial charge in [0.25, 0.3) is 0 Å². The van der Waals surface area contributed by atoms with Crippen molar-refractivity contribution in [3.8, 4) is 0 Å². The molecule has 0 unspecified atom stereocenters. The van der Waals surface area contributed by atoms with Crippen LogP contribution in [0.4, 0.5) is 5.69 Å². The van der Waals surface area contributed by atoms with Gasteiger partial charge in [-0.25, -0.2) is 0 Å². The third-order valence-corrected chi connectivity index (χ3v) is 4.91. The van der Waals surface area contributed by atoms with Gasteiger partial charge in [-0.15, -0.1) is 0 Å². The summed E-state index contributed by atoms with van der Waals surface area (Å²) in [6.45, 7) is 3.70. The maximum atomic E-state index is 12.5. The molecule has 3 rings (SSSR count). The Morgan fingerprint density at radius 1 is 1.15 bits per heavy atom. The average molecular weight is 386 g/mol. The molecule has 5 nitrogen and oxygen atoms in total. The fraction of sp³-hybridized carbons (Fsp3) is 0.286. The number of amides is 1. The number of ether oxygens (including phenoxy) is 1. The van der Waals surface area contributed by atoms with Crippen LogP contribution in [0, 0.1) is 12.8 Å². The lowest BCUT2D eigenvalue weighted by Crippen LogP contribution is -2.30. The Balaban J connectivity index is 1.64. The van der Waals surface area contributed by atoms with Crippen molar-refractivity contribution in [2.24, 2.45) is 5.92 Å². The zero-order valence-electron chi connectivity index (χ0n) is 15.1. The van der Waals surface area contributed by atoms with Crippen molar-refractivity contribution in [2.75, 3.05) is 11.4 Å². The largest absolute Gasteiger partial charge is 0.454 e. The molecule has 1 heterocycles. The summed E-state index contributed by atoms with van der Waals surface area (Å²) >= 11 is 5.82. The van der Waals surface area contributed by atoms with Gasteiger partial charge in [0.1, 0.15) is 0 Å². The fourth-order valence-corrected chi connectivity index (χ4v) is 3.26. The van der Waals surface area contributed by atoms with Gasteiger partial charge in [-0.05, 0) is 49.7 Å². The highest BCUT2D eigenvalue weighted by Crippen LogP contribution is 2.28. The Bertz CT molecular complexity index is 878. The summed E-state index contributed by atoms with van der Waals surface area (Å²) in [5.41, 5.74) is 2.18. The number of nitrogens with zero attached hydrogens (tertiary/aromatic N) is 1. The highest BCUT2D eigenvalue weighted by atomic mass is 35.5. The quantitative estimate of drug-likeness (QED) is 0.579. The van der Waals surface area contributed by atoms with Crippen molar-refractivity contribution in [3.63, 3.8) is 0 Å². The molecule has 0 radical (unpaired) electrons. The molecule has 2 aromatic rings. The molecule has 0 N–H and O–H groups in total. The molecule has 2 atom stereocenters. The lowest BCUT2D eigenvalue weighted by atomic mass is 10.1. The number of carbonyl (C=O) groups is 3. The van der Waals surface area contributed by atoms with E-state index in [9.17, 15) is 14.4 Å². The first kappa shape index (κ1) is 19.1. The van der Waals surface area contributed by atoms with Crippen molar-refractivity contribution in [2.45, 2.75) is 26.4 Å². The van der Waals surface area contributed by atoms with Crippen LogP contribution in [0.5, 0.6) is 0 Å². The molecular weight excluding hydrogens is 366 g/mol. The molecular formula is C21H20ClNO4. The number of halogens is 1. The number of esters is 1. The average Bonchev–Trinajstić information content (AvgIpc) is 3.04. The number of para-hydroxylation sites is 1. The molecule has 1 saturated heterocycles. The van der Waals surface area contributed by atoms with Gasteiger partial charge in [0, 0.05) is 29.2 Å². The molecule has 1 fully saturated rings. The number of rotatable bonds is 5. The van der Waals surface area contributed by atoms with Crippen molar-refractivity contribution in [1.82, 2.24) is 0 Å². The number of hydrogen-bond acceptors (Lipinski definition) is 4. The van der Waals surface area contributed by atoms with E-state index in [1.54, 1.807) is 29.2 Å². The highest BCUT2D eigenvalue weighted by molar-refractivity contribution is 6.30. The highest BCUT2D eigenvalue weighted by Gasteiger charge is 2.37. The zero-order valence-corrected chi connectivity index (χ0v) is 15.9. The van der Waals surface area contributed by atoms with E-state index in [1.807, 2.05) is 31.2 Å². The molecule has 0 aromatic heterocycles. The van der Waals surface area contributed by atoms with Crippen LogP contribution in [0.1, 0.15) is 29.3 Å². The van der Waals surface area contributed by atoms with E-state index in [0.29, 0.717) is 10.6 Å². The Morgan fingerprint density at radius 2 is 1.81 bits per heavy atom. The molecule has 140 valence electrons. The number of Topliss-reactive ketones (excluding diaryl/α,β-unsaturated/α-hetero) is 1. The molecule has 0 saturated carbocycles. The second-order valence-electron chi connectivity index (χ2n) is 6.64. The summed E-state index contributed by atoms with van der Waals surface area (Å²) in [6.07, 6.45) is -0.851. The number of aryl methyl sites for hydroxylation is 1. The molecule has 0 bridgehead atoms. The van der Waals surface area contributed by atoms with Crippen molar-refractivity contribution < 1.29 is 19.1 Å². The lowest BCUT2D eigenvalue weighted by Gasteiger charge is -2.19. The van der Waals surface area contributed by atoms with Gasteiger partial charge in [-0.2, -0.15) is 0 Å². The monoisotopic (exact) mass is 385 g/mol. The third-order valence-electron chi connectivity index (χ3n) is 4.66. The van der Waals surface area contributed by atoms with Crippen LogP contribution in [-0.2, 0) is 14.3 Å². The summed E-state index contributed by atoms with van der Waals surface area (Å²) in [6, 6.07) is 13.9. The van der Waals surface area contributed by atoms with E-state index < -0.39 is 18.0 Å². The van der Waals surface area contributed by atoms with Gasteiger partial charge in [-0.1, -0.05) is 29.8 Å². The normalized spacial score (nSPS) is 17.7. The van der Waals surface area contributed by atoms with Gasteiger partial charge >= 0.3 is 5.97 Å². The van der Waals surface area contributed by atoms with Crippen molar-refractivity contribution in [1.29, 1.82) is 0 Å². The topological polar surface area (TPSA) is 63.7 Å². The van der Waals surface area contributed by atoms with Crippen LogP contribution in [0.2, 0.25) is 5.02 Å². The molecule has 1 aliphatic heterocycles. The Morgan fingerprint density at radius 3 is 2.48 bits per heavy atom. The summed E-state index contributed by atoms with van der Waals surface area (Å²) in [5, 5.41) is 0.525. The molecule has 1 amide bonds. The SMILES string of the molecule is Cc1ccccc1N1C[C@@H](C(=O)O[C@@H](C)C(=O)c2ccc(Cl)cc2)CC1=O. The third kappa shape index (κ3) is 4.19. The number of hydrogen-bond donors (Lipinski definition) is 0. The lowest BCUT2D eigenvalue weighted by molar-refractivity contribution is -0.151. The van der Waals surface area contributed by atoms with E-state index in [2.05, 4.69) is 0 Å². The minimum Gasteiger partial charge on any atom is -0.454 e. The molecule has 27 heavy (non-hydrogen) atoms. The van der Waals surface area contributed by atoms with Crippen LogP contribution in [0.15, 0.2) is 48.5 Å². The van der Waals surface area contributed by atoms with Crippen LogP contribution in [0.25, 0.3) is 0 Å². The van der Waals surface area contributed by atoms with Crippen molar-refractivity contribution >= 4 is 34.9 Å². The summed E-state index contributed by atoms with van der Waals surface area (Å²) in [4.78, 5) is 38.8. The fourth-order valence-electron chi connectivity index (χ4n) is 3.14. The van der Waals surface area contributed by atoms with E-state index >= 15 is 0 Å². The number of benzene rings is 2. The smallest absolute Gasteiger partial charge is 0.312 e. The van der Waals surface area contributed by atoms with Gasteiger partial charge in [0.15, 0.2) is 6.10 Å². The van der Waals surface area contributed by atoms with Crippen LogP contribution < -0.4 is 4.90 Å². The summed E-state index contributed by atoms with van der Waals surface area (Å²) in [7, 11) is 0. The van der Waals surface area contributed by atoms with Gasteiger partial charge in [0.05, 0.1) is 5.92 Å². The molecule has 2 aromatic carbocycles. The van der Waals surface area contributed by atoms with Crippen LogP contribution >= 0.6 is 11.6 Å². The first-order chi connectivity index (χ1) is 12.9. The van der Waals surface area contributed by atoms with E-state index in [4.69, 9.17) is 16.3 Å². The number of carbonyl (C=O) groups excluding carboxylic acids is 3. The first-order valence-electron chi connectivity index (χ1n) is 8.73. The second-order valence-corrected chi connectivity index (χ2v) is 7.08. The zero-order chi connectivity index (χ0) is 19.6.